The fraction of sp³-hybridized carbons (Fsp3) is 0.125. The molecule has 82 valence electrons. The highest BCUT2D eigenvalue weighted by atomic mass is 35.7. The highest BCUT2D eigenvalue weighted by Crippen LogP contribution is 2.23. The van der Waals surface area contributed by atoms with Gasteiger partial charge in [-0.3, -0.25) is 4.79 Å². The number of aryl methyl sites for hydroxylation is 1. The summed E-state index contributed by atoms with van der Waals surface area (Å²) in [5, 5.41) is 0. The average Bonchev–Trinajstić information content (AvgIpc) is 2.06. The van der Waals surface area contributed by atoms with Crippen molar-refractivity contribution in [1.29, 1.82) is 0 Å². The van der Waals surface area contributed by atoms with Crippen LogP contribution in [0.5, 0.6) is 0 Å². The van der Waals surface area contributed by atoms with E-state index in [1.165, 1.54) is 6.92 Å². The quantitative estimate of drug-likeness (QED) is 0.802. The Hall–Kier alpha value is -1.14. The maximum Gasteiger partial charge on any atom is 0.264 e. The molecule has 0 radical (unpaired) electrons. The number of primary amides is 1. The van der Waals surface area contributed by atoms with Crippen LogP contribution < -0.4 is 5.73 Å². The van der Waals surface area contributed by atoms with Crippen molar-refractivity contribution in [2.75, 3.05) is 0 Å². The van der Waals surface area contributed by atoms with Gasteiger partial charge < -0.3 is 5.73 Å². The molecule has 0 unspecified atom stereocenters. The van der Waals surface area contributed by atoms with Gasteiger partial charge in [-0.2, -0.15) is 0 Å². The summed E-state index contributed by atoms with van der Waals surface area (Å²) >= 11 is 0. The summed E-state index contributed by atoms with van der Waals surface area (Å²) in [5.74, 6) is -1.82. The van der Waals surface area contributed by atoms with E-state index in [1.807, 2.05) is 0 Å². The molecule has 0 aliphatic rings. The summed E-state index contributed by atoms with van der Waals surface area (Å²) in [6.45, 7) is 1.31. The van der Waals surface area contributed by atoms with Crippen molar-refractivity contribution in [1.82, 2.24) is 0 Å². The van der Waals surface area contributed by atoms with E-state index in [9.17, 15) is 17.6 Å². The van der Waals surface area contributed by atoms with Gasteiger partial charge >= 0.3 is 0 Å². The largest absolute Gasteiger partial charge is 0.366 e. The average molecular weight is 252 g/mol. The van der Waals surface area contributed by atoms with Crippen LogP contribution in [0, 0.1) is 12.7 Å². The third kappa shape index (κ3) is 2.45. The van der Waals surface area contributed by atoms with Gasteiger partial charge in [-0.15, -0.1) is 0 Å². The lowest BCUT2D eigenvalue weighted by molar-refractivity contribution is 0.1000. The molecule has 4 nitrogen and oxygen atoms in total. The van der Waals surface area contributed by atoms with Gasteiger partial charge in [-0.25, -0.2) is 12.8 Å². The molecule has 0 bridgehead atoms. The van der Waals surface area contributed by atoms with Crippen LogP contribution in [0.15, 0.2) is 17.0 Å². The number of carbonyl (C=O) groups excluding carboxylic acids is 1. The maximum absolute atomic E-state index is 13.3. The Morgan fingerprint density at radius 2 is 2.00 bits per heavy atom. The van der Waals surface area contributed by atoms with E-state index in [2.05, 4.69) is 0 Å². The second-order valence-electron chi connectivity index (χ2n) is 2.91. The van der Waals surface area contributed by atoms with Gasteiger partial charge in [0.15, 0.2) is 0 Å². The lowest BCUT2D eigenvalue weighted by Gasteiger charge is -2.04. The summed E-state index contributed by atoms with van der Waals surface area (Å²) in [5.41, 5.74) is 4.83. The Morgan fingerprint density at radius 3 is 2.40 bits per heavy atom. The maximum atomic E-state index is 13.3. The molecular weight excluding hydrogens is 245 g/mol. The molecule has 0 atom stereocenters. The summed E-state index contributed by atoms with van der Waals surface area (Å²) in [6, 6.07) is 1.97. The SMILES string of the molecule is Cc1cc(C(N)=O)cc(S(=O)(=O)Cl)c1F. The molecule has 0 aliphatic heterocycles. The number of amides is 1. The number of hydrogen-bond donors (Lipinski definition) is 1. The van der Waals surface area contributed by atoms with Crippen LogP contribution in [0.2, 0.25) is 0 Å². The molecule has 0 spiro atoms. The number of nitrogens with two attached hydrogens (primary N) is 1. The molecule has 0 heterocycles. The van der Waals surface area contributed by atoms with E-state index >= 15 is 0 Å². The van der Waals surface area contributed by atoms with Gasteiger partial charge in [0.25, 0.3) is 9.05 Å². The number of benzene rings is 1. The van der Waals surface area contributed by atoms with Crippen molar-refractivity contribution in [3.05, 3.63) is 29.1 Å². The molecule has 0 fully saturated rings. The summed E-state index contributed by atoms with van der Waals surface area (Å²) in [6.07, 6.45) is 0. The molecule has 0 aromatic heterocycles. The predicted molar refractivity (Wildman–Crippen MR) is 52.7 cm³/mol. The standard InChI is InChI=1S/C8H7ClFNO3S/c1-4-2-5(8(11)12)3-6(7(4)10)15(9,13)14/h2-3H,1H3,(H2,11,12). The van der Waals surface area contributed by atoms with Crippen molar-refractivity contribution < 1.29 is 17.6 Å². The summed E-state index contributed by atoms with van der Waals surface area (Å²) < 4.78 is 35.2. The number of carbonyl (C=O) groups is 1. The molecule has 2 N–H and O–H groups in total. The van der Waals surface area contributed by atoms with E-state index in [1.54, 1.807) is 0 Å². The van der Waals surface area contributed by atoms with Crippen LogP contribution in [0.3, 0.4) is 0 Å². The molecule has 7 heteroatoms. The van der Waals surface area contributed by atoms with Crippen LogP contribution in [0.1, 0.15) is 15.9 Å². The normalized spacial score (nSPS) is 11.4. The topological polar surface area (TPSA) is 77.2 Å². The van der Waals surface area contributed by atoms with Gasteiger partial charge in [-0.05, 0) is 24.6 Å². The summed E-state index contributed by atoms with van der Waals surface area (Å²) in [4.78, 5) is 10.1. The third-order valence-electron chi connectivity index (χ3n) is 1.77. The van der Waals surface area contributed by atoms with E-state index in [-0.39, 0.29) is 11.1 Å². The Kier molecular flexibility index (Phi) is 3.01. The highest BCUT2D eigenvalue weighted by Gasteiger charge is 2.20. The van der Waals surface area contributed by atoms with Gasteiger partial charge in [0.2, 0.25) is 5.91 Å². The van der Waals surface area contributed by atoms with E-state index in [0.717, 1.165) is 12.1 Å². The van der Waals surface area contributed by atoms with Gasteiger partial charge in [-0.1, -0.05) is 0 Å². The molecular formula is C8H7ClFNO3S. The van der Waals surface area contributed by atoms with Crippen LogP contribution in [0.4, 0.5) is 4.39 Å². The minimum absolute atomic E-state index is 0.00877. The predicted octanol–water partition coefficient (Wildman–Crippen LogP) is 1.16. The Balaban J connectivity index is 3.59. The smallest absolute Gasteiger partial charge is 0.264 e. The number of rotatable bonds is 2. The van der Waals surface area contributed by atoms with Crippen LogP contribution >= 0.6 is 10.7 Å². The first-order chi connectivity index (χ1) is 6.73. The first-order valence-corrected chi connectivity index (χ1v) is 6.09. The first-order valence-electron chi connectivity index (χ1n) is 3.78. The Morgan fingerprint density at radius 1 is 1.47 bits per heavy atom. The first kappa shape index (κ1) is 11.9. The molecule has 0 saturated carbocycles. The second kappa shape index (κ2) is 3.79. The Labute approximate surface area is 90.3 Å². The van der Waals surface area contributed by atoms with Crippen molar-refractivity contribution in [3.8, 4) is 0 Å². The zero-order valence-electron chi connectivity index (χ0n) is 7.62. The zero-order chi connectivity index (χ0) is 11.8. The van der Waals surface area contributed by atoms with Gasteiger partial charge in [0, 0.05) is 16.2 Å². The summed E-state index contributed by atoms with van der Waals surface area (Å²) in [7, 11) is 0.770. The van der Waals surface area contributed by atoms with Crippen LogP contribution in [0.25, 0.3) is 0 Å². The van der Waals surface area contributed by atoms with Gasteiger partial charge in [0.05, 0.1) is 0 Å². The molecule has 1 rings (SSSR count). The van der Waals surface area contributed by atoms with Crippen molar-refractivity contribution in [3.63, 3.8) is 0 Å². The van der Waals surface area contributed by atoms with Crippen molar-refractivity contribution in [2.45, 2.75) is 11.8 Å². The Bertz CT molecular complexity index is 527. The number of halogens is 2. The minimum atomic E-state index is -4.22. The molecule has 1 aromatic carbocycles. The molecule has 1 aromatic rings. The zero-order valence-corrected chi connectivity index (χ0v) is 9.19. The lowest BCUT2D eigenvalue weighted by atomic mass is 10.1. The van der Waals surface area contributed by atoms with Gasteiger partial charge in [0.1, 0.15) is 10.7 Å². The molecule has 1 amide bonds. The molecule has 0 saturated heterocycles. The molecule has 0 aliphatic carbocycles. The third-order valence-corrected chi connectivity index (χ3v) is 3.09. The van der Waals surface area contributed by atoms with E-state index in [0.29, 0.717) is 0 Å². The number of hydrogen-bond acceptors (Lipinski definition) is 3. The van der Waals surface area contributed by atoms with Crippen molar-refractivity contribution in [2.24, 2.45) is 5.73 Å². The van der Waals surface area contributed by atoms with Crippen LogP contribution in [-0.4, -0.2) is 14.3 Å². The molecule has 15 heavy (non-hydrogen) atoms. The van der Waals surface area contributed by atoms with Crippen LogP contribution in [-0.2, 0) is 9.05 Å². The minimum Gasteiger partial charge on any atom is -0.366 e. The lowest BCUT2D eigenvalue weighted by Crippen LogP contribution is -2.13. The highest BCUT2D eigenvalue weighted by molar-refractivity contribution is 8.13. The fourth-order valence-corrected chi connectivity index (χ4v) is 2.04. The van der Waals surface area contributed by atoms with E-state index in [4.69, 9.17) is 16.4 Å². The van der Waals surface area contributed by atoms with Crippen molar-refractivity contribution >= 4 is 25.6 Å². The second-order valence-corrected chi connectivity index (χ2v) is 5.44. The fourth-order valence-electron chi connectivity index (χ4n) is 1.06. The monoisotopic (exact) mass is 251 g/mol. The van der Waals surface area contributed by atoms with E-state index < -0.39 is 25.7 Å².